The number of fused-ring (bicyclic) bond motifs is 2. The first-order valence-electron chi connectivity index (χ1n) is 40.9. The third kappa shape index (κ3) is 42.8. The van der Waals surface area contributed by atoms with E-state index in [1.165, 1.54) is 12.0 Å². The quantitative estimate of drug-likeness (QED) is 0.00606. The fourth-order valence-electron chi connectivity index (χ4n) is 12.7. The number of aldehydes is 1. The molecule has 8 rings (SSSR count). The Morgan fingerprint density at radius 2 is 0.929 bits per heavy atom. The number of anilines is 1. The van der Waals surface area contributed by atoms with Crippen molar-refractivity contribution in [2.45, 2.75) is 135 Å². The number of halogens is 3. The van der Waals surface area contributed by atoms with Crippen LogP contribution in [0.3, 0.4) is 0 Å². The van der Waals surface area contributed by atoms with Gasteiger partial charge in [0.05, 0.1) is 126 Å². The summed E-state index contributed by atoms with van der Waals surface area (Å²) in [5.41, 5.74) is 24.4. The van der Waals surface area contributed by atoms with Crippen LogP contribution in [0, 0.1) is 13.8 Å². The number of hydrogen-bond donors (Lipinski definition) is 3. The van der Waals surface area contributed by atoms with E-state index in [2.05, 4.69) is 89.2 Å². The maximum absolute atomic E-state index is 14.1. The van der Waals surface area contributed by atoms with E-state index in [0.29, 0.717) is 78.3 Å². The number of carboxylic acids is 1. The van der Waals surface area contributed by atoms with Crippen molar-refractivity contribution in [2.24, 2.45) is 10.2 Å². The second-order valence-electron chi connectivity index (χ2n) is 29.5. The number of aromatic nitrogens is 2. The van der Waals surface area contributed by atoms with Crippen LogP contribution < -0.4 is 34.4 Å². The summed E-state index contributed by atoms with van der Waals surface area (Å²) in [6.07, 6.45) is -0.793. The summed E-state index contributed by atoms with van der Waals surface area (Å²) in [5, 5.41) is 26.8. The van der Waals surface area contributed by atoms with Crippen LogP contribution in [0.25, 0.3) is 64.7 Å². The number of rotatable bonds is 54. The molecule has 3 amide bonds. The normalized spacial score (nSPS) is 11.9. The van der Waals surface area contributed by atoms with Gasteiger partial charge in [-0.3, -0.25) is 43.4 Å². The number of aliphatic carboxylic acids is 1. The van der Waals surface area contributed by atoms with Gasteiger partial charge in [-0.2, -0.15) is 13.2 Å². The zero-order valence-corrected chi connectivity index (χ0v) is 72.5. The number of carbonyl (C=O) groups excluding carboxylic acids is 7. The molecule has 0 aliphatic rings. The number of aryl methyl sites for hydroxylation is 3. The number of unbranched alkanes of at least 4 members (excludes halogenated alkanes) is 1. The topological polar surface area (TPSA) is 430 Å². The molecule has 0 aliphatic carbocycles. The number of esters is 1. The minimum atomic E-state index is -4.64. The van der Waals surface area contributed by atoms with Crippen LogP contribution in [0.2, 0.25) is 0 Å². The first-order valence-corrected chi connectivity index (χ1v) is 40.9. The Morgan fingerprint density at radius 1 is 0.524 bits per heavy atom. The van der Waals surface area contributed by atoms with Crippen molar-refractivity contribution in [2.75, 3.05) is 137 Å². The molecule has 31 nitrogen and oxygen atoms in total. The fraction of sp³-hybridized carbons (Fsp3) is 0.451. The standard InChI is InChI=1S/C47H60N6O10.C42H51N5O8.C2HF3O.Li.H2O/c1-34-19-20-49-43(30-34)53(46(57)63-47(2,3)4)22-9-14-44(55)51-41(33-62-29-28-61-27-26-60-25-24-59-23-21-50-52-48)42(54)31-38(32-45(56)58-5)35-15-17-37(18-16-35)40-13-8-11-36-10-6-7-12-39(36)40;1-31-17-18-44-36(27-31)9-3-5-12-41(49)46-39(30-55-26-25-54-24-23-53-22-21-52-20-19-45-47-43)40(48)28-35(29-42(50)51)32-13-15-34(16-14-32)38-11-6-8-33-7-2-4-10-37(33)38;3-2(4,5)1-6;;/h6-8,10-13,15-20,30,38,41H,9,14,21-29,31-33H2,1-5H3,(H,51,55);2,4,6-8,10-11,13-18,27,35,39H,3,5,9,12,19-26,28-30H2,1H3,(H,46,49)(H,50,51);1H;;1H2/q;;;+1;/p-1/t38-,41+;35-,39+;;;/m11.../s1. The molecule has 2 heterocycles. The van der Waals surface area contributed by atoms with Crippen molar-refractivity contribution < 1.29 is 128 Å². The van der Waals surface area contributed by atoms with Crippen LogP contribution in [-0.4, -0.2) is 225 Å². The molecule has 2 aromatic heterocycles. The molecular weight excluding hydrogens is 1630 g/mol. The number of Topliss-reactive ketones (excluding diaryl/α,β-unsaturated/α-hetero) is 2. The van der Waals surface area contributed by atoms with Crippen molar-refractivity contribution in [3.05, 3.63) is 219 Å². The number of amides is 3. The summed E-state index contributed by atoms with van der Waals surface area (Å²) < 4.78 is 86.2. The molecule has 0 unspecified atom stereocenters. The third-order valence-electron chi connectivity index (χ3n) is 18.7. The molecule has 35 heteroatoms. The van der Waals surface area contributed by atoms with Crippen LogP contribution in [-0.2, 0) is 87.4 Å². The molecule has 674 valence electrons. The monoisotopic (exact) mass is 1740 g/mol. The largest absolute Gasteiger partial charge is 1.00 e. The summed E-state index contributed by atoms with van der Waals surface area (Å²) in [6.45, 7) is 13.8. The summed E-state index contributed by atoms with van der Waals surface area (Å²) in [7, 11) is 1.31. The number of carbonyl (C=O) groups is 8. The minimum absolute atomic E-state index is 0. The van der Waals surface area contributed by atoms with E-state index in [0.717, 1.165) is 84.6 Å². The number of hydrogen-bond acceptors (Lipinski definition) is 23. The van der Waals surface area contributed by atoms with Crippen LogP contribution in [0.1, 0.15) is 118 Å². The first-order chi connectivity index (χ1) is 59.8. The van der Waals surface area contributed by atoms with E-state index in [4.69, 9.17) is 63.2 Å². The van der Waals surface area contributed by atoms with Gasteiger partial charge in [0, 0.05) is 85.1 Å². The number of carboxylic acid groups (broad SMARTS) is 1. The Hall–Kier alpha value is -11.1. The number of alkyl halides is 3. The fourth-order valence-corrected chi connectivity index (χ4v) is 12.7. The average Bonchev–Trinajstić information content (AvgIpc) is 0.799. The molecule has 4 N–H and O–H groups in total. The van der Waals surface area contributed by atoms with Crippen LogP contribution in [0.5, 0.6) is 0 Å². The van der Waals surface area contributed by atoms with E-state index < -0.39 is 65.9 Å². The maximum Gasteiger partial charge on any atom is 1.00 e. The Kier molecular flexibility index (Phi) is 51.6. The molecule has 0 saturated carbocycles. The Morgan fingerprint density at radius 3 is 1.34 bits per heavy atom. The SMILES string of the molecule is COC(=O)C[C@@H](CC(=O)[C@H](COCCOCCOCCOCCN=[N+]=[N-])NC(=O)CCCN(C(=O)OC(C)(C)C)c1cc(C)ccn1)c1ccc(-c2cccc3ccccc23)cc1.Cc1ccnc(CCCCC(=O)N[C@@H](COCCOCCOCCOCCN=[N+]=[N-])C(=O)C[C@H](CC(=O)O)c2ccc(-c3cccc4ccccc34)cc2)c1.O=CC(F)(F)F.[Li+].[OH-]. The van der Waals surface area contributed by atoms with E-state index in [1.807, 2.05) is 117 Å². The molecule has 4 atom stereocenters. The van der Waals surface area contributed by atoms with E-state index in [1.54, 1.807) is 39.2 Å². The van der Waals surface area contributed by atoms with Gasteiger partial charge in [-0.25, -0.2) is 9.78 Å². The molecule has 126 heavy (non-hydrogen) atoms. The molecule has 0 bridgehead atoms. The number of benzene rings is 6. The molecular formula is C91H113F3LiN11O20. The number of nitrogens with one attached hydrogen (secondary N) is 2. The summed E-state index contributed by atoms with van der Waals surface area (Å²) in [4.78, 5) is 117. The van der Waals surface area contributed by atoms with Crippen LogP contribution >= 0.6 is 0 Å². The van der Waals surface area contributed by atoms with Gasteiger partial charge in [-0.15, -0.1) is 0 Å². The van der Waals surface area contributed by atoms with Gasteiger partial charge in [0.15, 0.2) is 11.6 Å². The van der Waals surface area contributed by atoms with Crippen molar-refractivity contribution in [3.63, 3.8) is 0 Å². The number of azide groups is 2. The zero-order chi connectivity index (χ0) is 89.8. The Bertz CT molecular complexity index is 4720. The van der Waals surface area contributed by atoms with E-state index in [-0.39, 0.29) is 146 Å². The maximum atomic E-state index is 14.1. The Balaban J connectivity index is 0.000000492. The molecule has 0 aliphatic heterocycles. The molecule has 0 saturated heterocycles. The van der Waals surface area contributed by atoms with Crippen molar-refractivity contribution in [1.82, 2.24) is 20.6 Å². The number of methoxy groups -OCH3 is 1. The number of nitrogens with zero attached hydrogens (tertiary/aromatic N) is 9. The van der Waals surface area contributed by atoms with Crippen molar-refractivity contribution in [3.8, 4) is 22.3 Å². The molecule has 8 aromatic rings. The van der Waals surface area contributed by atoms with Crippen molar-refractivity contribution >= 4 is 75.1 Å². The van der Waals surface area contributed by atoms with Gasteiger partial charge >= 0.3 is 43.1 Å². The summed E-state index contributed by atoms with van der Waals surface area (Å²) in [6, 6.07) is 49.5. The zero-order valence-electron chi connectivity index (χ0n) is 72.5. The van der Waals surface area contributed by atoms with Gasteiger partial charge in [0.25, 0.3) is 0 Å². The molecule has 0 spiro atoms. The van der Waals surface area contributed by atoms with Gasteiger partial charge in [-0.05, 0) is 162 Å². The smallest absolute Gasteiger partial charge is 0.870 e. The number of pyridine rings is 2. The van der Waals surface area contributed by atoms with Crippen LogP contribution in [0.15, 0.2) is 180 Å². The van der Waals surface area contributed by atoms with E-state index >= 15 is 0 Å². The van der Waals surface area contributed by atoms with E-state index in [9.17, 15) is 51.8 Å². The molecule has 6 aromatic carbocycles. The second-order valence-corrected chi connectivity index (χ2v) is 29.5. The van der Waals surface area contributed by atoms with Crippen LogP contribution in [0.4, 0.5) is 23.8 Å². The summed E-state index contributed by atoms with van der Waals surface area (Å²) >= 11 is 0. The minimum Gasteiger partial charge on any atom is -0.870 e. The van der Waals surface area contributed by atoms with Gasteiger partial charge in [0.1, 0.15) is 23.5 Å². The predicted octanol–water partition coefficient (Wildman–Crippen LogP) is 12.5. The number of ether oxygens (including phenoxy) is 10. The second kappa shape index (κ2) is 60.5. The predicted molar refractivity (Wildman–Crippen MR) is 463 cm³/mol. The third-order valence-corrected chi connectivity index (χ3v) is 18.7. The van der Waals surface area contributed by atoms with Crippen molar-refractivity contribution in [1.29, 1.82) is 0 Å². The molecule has 0 fully saturated rings. The van der Waals surface area contributed by atoms with Gasteiger partial charge in [0.2, 0.25) is 18.1 Å². The van der Waals surface area contributed by atoms with Gasteiger partial charge < -0.3 is 68.6 Å². The summed E-state index contributed by atoms with van der Waals surface area (Å²) in [5.74, 6) is -3.57. The average molecular weight is 1740 g/mol. The van der Waals surface area contributed by atoms with Gasteiger partial charge in [-0.1, -0.05) is 144 Å². The Labute approximate surface area is 743 Å². The molecule has 0 radical (unpaired) electrons. The number of ketones is 2. The first kappa shape index (κ1) is 107.